The topological polar surface area (TPSA) is 69.9 Å². The Morgan fingerprint density at radius 3 is 2.27 bits per heavy atom. The molecule has 1 aromatic heterocycles. The lowest BCUT2D eigenvalue weighted by molar-refractivity contribution is 0.0953. The van der Waals surface area contributed by atoms with Gasteiger partial charge in [0.1, 0.15) is 11.2 Å². The van der Waals surface area contributed by atoms with Crippen LogP contribution in [0.3, 0.4) is 0 Å². The molecule has 0 fully saturated rings. The van der Waals surface area contributed by atoms with Crippen LogP contribution in [0.1, 0.15) is 15.9 Å². The fourth-order valence-corrected chi connectivity index (χ4v) is 3.56. The van der Waals surface area contributed by atoms with E-state index in [0.717, 1.165) is 27.5 Å². The van der Waals surface area contributed by atoms with Crippen molar-refractivity contribution in [2.24, 2.45) is 0 Å². The lowest BCUT2D eigenvalue weighted by atomic mass is 10.1. The van der Waals surface area contributed by atoms with Crippen LogP contribution in [0.2, 0.25) is 0 Å². The lowest BCUT2D eigenvalue weighted by Crippen LogP contribution is -2.25. The first-order chi connectivity index (χ1) is 14.6. The van der Waals surface area contributed by atoms with E-state index in [1.807, 2.05) is 30.3 Å². The van der Waals surface area contributed by atoms with Crippen LogP contribution in [0.5, 0.6) is 17.2 Å². The Kier molecular flexibility index (Phi) is 5.48. The van der Waals surface area contributed by atoms with Gasteiger partial charge in [-0.15, -0.1) is 0 Å². The summed E-state index contributed by atoms with van der Waals surface area (Å²) >= 11 is 0. The van der Waals surface area contributed by atoms with E-state index >= 15 is 0 Å². The minimum absolute atomic E-state index is 0.205. The van der Waals surface area contributed by atoms with Crippen LogP contribution >= 0.6 is 0 Å². The first-order valence-electron chi connectivity index (χ1n) is 9.63. The number of para-hydroxylation sites is 1. The van der Waals surface area contributed by atoms with Gasteiger partial charge in [0.25, 0.3) is 5.91 Å². The maximum atomic E-state index is 12.6. The highest BCUT2D eigenvalue weighted by atomic mass is 16.5. The second kappa shape index (κ2) is 8.37. The van der Waals surface area contributed by atoms with Crippen LogP contribution in [-0.4, -0.2) is 33.8 Å². The van der Waals surface area contributed by atoms with Gasteiger partial charge in [-0.3, -0.25) is 4.79 Å². The zero-order valence-corrected chi connectivity index (χ0v) is 17.2. The Bertz CT molecular complexity index is 1190. The molecule has 0 radical (unpaired) electrons. The van der Waals surface area contributed by atoms with E-state index in [-0.39, 0.29) is 5.91 Å². The van der Waals surface area contributed by atoms with Gasteiger partial charge in [-0.05, 0) is 42.3 Å². The van der Waals surface area contributed by atoms with Gasteiger partial charge >= 0.3 is 0 Å². The van der Waals surface area contributed by atoms with E-state index in [9.17, 15) is 4.79 Å². The van der Waals surface area contributed by atoms with E-state index < -0.39 is 0 Å². The maximum Gasteiger partial charge on any atom is 0.251 e. The van der Waals surface area contributed by atoms with E-state index in [1.165, 1.54) is 21.3 Å². The zero-order chi connectivity index (χ0) is 21.1. The standard InChI is InChI=1S/C24H23NO5/c1-27-21-13-16(14-22(28-2)23(21)29-3)24(26)25-11-10-15-8-9-20-18(12-15)17-6-4-5-7-19(17)30-20/h4-9,12-14H,10-11H2,1-3H3,(H,25,26). The molecule has 1 N–H and O–H groups in total. The smallest absolute Gasteiger partial charge is 0.251 e. The molecule has 0 unspecified atom stereocenters. The SMILES string of the molecule is COc1cc(C(=O)NCCc2ccc3oc4ccccc4c3c2)cc(OC)c1OC. The van der Waals surface area contributed by atoms with Gasteiger partial charge in [-0.25, -0.2) is 0 Å². The van der Waals surface area contributed by atoms with Crippen molar-refractivity contribution >= 4 is 27.8 Å². The summed E-state index contributed by atoms with van der Waals surface area (Å²) < 4.78 is 21.8. The van der Waals surface area contributed by atoms with Crippen LogP contribution in [0, 0.1) is 0 Å². The van der Waals surface area contributed by atoms with Crippen molar-refractivity contribution in [2.75, 3.05) is 27.9 Å². The number of hydrogen-bond acceptors (Lipinski definition) is 5. The molecular weight excluding hydrogens is 382 g/mol. The number of furan rings is 1. The van der Waals surface area contributed by atoms with Crippen molar-refractivity contribution in [1.82, 2.24) is 5.32 Å². The van der Waals surface area contributed by atoms with E-state index in [1.54, 1.807) is 12.1 Å². The average Bonchev–Trinajstić information content (AvgIpc) is 3.16. The number of methoxy groups -OCH3 is 3. The zero-order valence-electron chi connectivity index (χ0n) is 17.2. The quantitative estimate of drug-likeness (QED) is 0.487. The number of carbonyl (C=O) groups is 1. The average molecular weight is 405 g/mol. The molecule has 0 aliphatic rings. The molecule has 3 aromatic carbocycles. The summed E-state index contributed by atoms with van der Waals surface area (Å²) in [5.74, 6) is 1.14. The Balaban J connectivity index is 1.47. The fourth-order valence-electron chi connectivity index (χ4n) is 3.56. The molecule has 6 heteroatoms. The Morgan fingerprint density at radius 2 is 1.57 bits per heavy atom. The van der Waals surface area contributed by atoms with Gasteiger partial charge in [-0.1, -0.05) is 24.3 Å². The summed E-state index contributed by atoms with van der Waals surface area (Å²) in [5.41, 5.74) is 3.31. The number of amides is 1. The third kappa shape index (κ3) is 3.64. The molecule has 0 aliphatic heterocycles. The maximum absolute atomic E-state index is 12.6. The normalized spacial score (nSPS) is 10.9. The molecule has 0 spiro atoms. The molecule has 0 bridgehead atoms. The molecule has 4 aromatic rings. The van der Waals surface area contributed by atoms with Crippen LogP contribution in [-0.2, 0) is 6.42 Å². The minimum atomic E-state index is -0.205. The van der Waals surface area contributed by atoms with Crippen molar-refractivity contribution in [3.8, 4) is 17.2 Å². The third-order valence-electron chi connectivity index (χ3n) is 5.07. The van der Waals surface area contributed by atoms with Gasteiger partial charge in [0, 0.05) is 22.9 Å². The molecule has 4 rings (SSSR count). The molecule has 1 heterocycles. The second-order valence-corrected chi connectivity index (χ2v) is 6.85. The molecule has 154 valence electrons. The van der Waals surface area contributed by atoms with Crippen molar-refractivity contribution < 1.29 is 23.4 Å². The Morgan fingerprint density at radius 1 is 0.867 bits per heavy atom. The van der Waals surface area contributed by atoms with Gasteiger partial charge in [0.15, 0.2) is 11.5 Å². The van der Waals surface area contributed by atoms with Crippen LogP contribution < -0.4 is 19.5 Å². The van der Waals surface area contributed by atoms with Crippen molar-refractivity contribution in [2.45, 2.75) is 6.42 Å². The van der Waals surface area contributed by atoms with Gasteiger partial charge in [-0.2, -0.15) is 0 Å². The monoisotopic (exact) mass is 405 g/mol. The van der Waals surface area contributed by atoms with Crippen molar-refractivity contribution in [1.29, 1.82) is 0 Å². The predicted molar refractivity (Wildman–Crippen MR) is 116 cm³/mol. The highest BCUT2D eigenvalue weighted by Crippen LogP contribution is 2.38. The number of ether oxygens (including phenoxy) is 3. The largest absolute Gasteiger partial charge is 0.493 e. The van der Waals surface area contributed by atoms with E-state index in [0.29, 0.717) is 35.8 Å². The van der Waals surface area contributed by atoms with E-state index in [2.05, 4.69) is 17.4 Å². The summed E-state index contributed by atoms with van der Waals surface area (Å²) in [6, 6.07) is 17.4. The summed E-state index contributed by atoms with van der Waals surface area (Å²) in [5, 5.41) is 5.13. The minimum Gasteiger partial charge on any atom is -0.493 e. The van der Waals surface area contributed by atoms with Crippen molar-refractivity contribution in [3.05, 3.63) is 65.7 Å². The first kappa shape index (κ1) is 19.6. The summed E-state index contributed by atoms with van der Waals surface area (Å²) in [7, 11) is 4.57. The molecule has 6 nitrogen and oxygen atoms in total. The highest BCUT2D eigenvalue weighted by molar-refractivity contribution is 6.05. The molecule has 0 atom stereocenters. The Labute approximate surface area is 174 Å². The van der Waals surface area contributed by atoms with Crippen LogP contribution in [0.4, 0.5) is 0 Å². The first-order valence-corrected chi connectivity index (χ1v) is 9.63. The van der Waals surface area contributed by atoms with E-state index in [4.69, 9.17) is 18.6 Å². The number of rotatable bonds is 7. The number of carbonyl (C=O) groups excluding carboxylic acids is 1. The second-order valence-electron chi connectivity index (χ2n) is 6.85. The molecule has 0 aliphatic carbocycles. The van der Waals surface area contributed by atoms with Crippen molar-refractivity contribution in [3.63, 3.8) is 0 Å². The third-order valence-corrected chi connectivity index (χ3v) is 5.07. The van der Waals surface area contributed by atoms with Gasteiger partial charge in [0.05, 0.1) is 21.3 Å². The van der Waals surface area contributed by atoms with Gasteiger partial charge < -0.3 is 23.9 Å². The summed E-state index contributed by atoms with van der Waals surface area (Å²) in [4.78, 5) is 12.6. The molecule has 0 saturated carbocycles. The highest BCUT2D eigenvalue weighted by Gasteiger charge is 2.17. The van der Waals surface area contributed by atoms with Crippen LogP contribution in [0.15, 0.2) is 59.0 Å². The Hall–Kier alpha value is -3.67. The fraction of sp³-hybridized carbons (Fsp3) is 0.208. The lowest BCUT2D eigenvalue weighted by Gasteiger charge is -2.14. The summed E-state index contributed by atoms with van der Waals surface area (Å²) in [6.45, 7) is 0.497. The number of fused-ring (bicyclic) bond motifs is 3. The van der Waals surface area contributed by atoms with Crippen LogP contribution in [0.25, 0.3) is 21.9 Å². The molecule has 0 saturated heterocycles. The molecular formula is C24H23NO5. The molecule has 1 amide bonds. The predicted octanol–water partition coefficient (Wildman–Crippen LogP) is 4.58. The number of benzene rings is 3. The number of hydrogen-bond donors (Lipinski definition) is 1. The molecule has 30 heavy (non-hydrogen) atoms. The van der Waals surface area contributed by atoms with Gasteiger partial charge in [0.2, 0.25) is 5.75 Å². The summed E-state index contributed by atoms with van der Waals surface area (Å²) in [6.07, 6.45) is 0.700. The number of nitrogens with one attached hydrogen (secondary N) is 1.